The van der Waals surface area contributed by atoms with Gasteiger partial charge in [0.1, 0.15) is 5.75 Å². The lowest BCUT2D eigenvalue weighted by atomic mass is 10.3. The molecule has 0 saturated carbocycles. The van der Waals surface area contributed by atoms with E-state index in [1.165, 1.54) is 0 Å². The van der Waals surface area contributed by atoms with E-state index in [1.54, 1.807) is 11.3 Å². The van der Waals surface area contributed by atoms with E-state index in [0.717, 1.165) is 54.9 Å². The Morgan fingerprint density at radius 3 is 2.56 bits per heavy atom. The summed E-state index contributed by atoms with van der Waals surface area (Å²) in [5.41, 5.74) is 1.91. The third-order valence-corrected chi connectivity index (χ3v) is 4.95. The van der Waals surface area contributed by atoms with Crippen molar-refractivity contribution in [3.63, 3.8) is 0 Å². The molecule has 25 heavy (non-hydrogen) atoms. The molecule has 2 aromatic rings. The summed E-state index contributed by atoms with van der Waals surface area (Å²) in [5, 5.41) is 6.16. The van der Waals surface area contributed by atoms with E-state index >= 15 is 0 Å². The van der Waals surface area contributed by atoms with Crippen LogP contribution in [0.4, 0.5) is 10.5 Å². The molecule has 1 fully saturated rings. The van der Waals surface area contributed by atoms with E-state index < -0.39 is 0 Å². The van der Waals surface area contributed by atoms with Gasteiger partial charge >= 0.3 is 6.03 Å². The standard InChI is InChI=1S/C18H24N4O2S/c1-3-24-17-6-4-15(5-7-17)20-18(23)22-10-8-21(9-11-22)12-16-13-25-14(2)19-16/h4-7,13H,3,8-12H2,1-2H3,(H,20,23). The first kappa shape index (κ1) is 17.7. The molecular weight excluding hydrogens is 336 g/mol. The molecule has 0 spiro atoms. The summed E-state index contributed by atoms with van der Waals surface area (Å²) in [7, 11) is 0. The molecule has 3 rings (SSSR count). The van der Waals surface area contributed by atoms with Crippen molar-refractivity contribution < 1.29 is 9.53 Å². The van der Waals surface area contributed by atoms with Crippen molar-refractivity contribution in [2.45, 2.75) is 20.4 Å². The van der Waals surface area contributed by atoms with Gasteiger partial charge < -0.3 is 15.0 Å². The van der Waals surface area contributed by atoms with E-state index in [9.17, 15) is 4.79 Å². The van der Waals surface area contributed by atoms with Gasteiger partial charge in [-0.3, -0.25) is 4.90 Å². The number of nitrogens with one attached hydrogen (secondary N) is 1. The topological polar surface area (TPSA) is 57.7 Å². The molecule has 1 aliphatic heterocycles. The number of benzene rings is 1. The van der Waals surface area contributed by atoms with Crippen LogP contribution >= 0.6 is 11.3 Å². The van der Waals surface area contributed by atoms with Crippen LogP contribution in [0.2, 0.25) is 0 Å². The van der Waals surface area contributed by atoms with Crippen molar-refractivity contribution in [3.05, 3.63) is 40.3 Å². The highest BCUT2D eigenvalue weighted by Crippen LogP contribution is 2.17. The van der Waals surface area contributed by atoms with Gasteiger partial charge in [0.05, 0.1) is 17.3 Å². The molecule has 0 bridgehead atoms. The number of aromatic nitrogens is 1. The number of hydrogen-bond donors (Lipinski definition) is 1. The van der Waals surface area contributed by atoms with Crippen LogP contribution in [-0.2, 0) is 6.54 Å². The third-order valence-electron chi connectivity index (χ3n) is 4.13. The summed E-state index contributed by atoms with van der Waals surface area (Å²) in [5.74, 6) is 0.811. The minimum absolute atomic E-state index is 0.0479. The summed E-state index contributed by atoms with van der Waals surface area (Å²) in [6, 6.07) is 7.42. The first-order chi connectivity index (χ1) is 12.1. The molecule has 0 radical (unpaired) electrons. The maximum Gasteiger partial charge on any atom is 0.321 e. The Hall–Kier alpha value is -2.12. The molecule has 134 valence electrons. The average Bonchev–Trinajstić information content (AvgIpc) is 3.02. The number of anilines is 1. The lowest BCUT2D eigenvalue weighted by Gasteiger charge is -2.34. The van der Waals surface area contributed by atoms with Crippen LogP contribution in [0.15, 0.2) is 29.6 Å². The number of rotatable bonds is 5. The Morgan fingerprint density at radius 1 is 1.24 bits per heavy atom. The Bertz CT molecular complexity index is 693. The minimum atomic E-state index is -0.0479. The Kier molecular flexibility index (Phi) is 5.88. The predicted octanol–water partition coefficient (Wildman–Crippen LogP) is 3.20. The van der Waals surface area contributed by atoms with Crippen LogP contribution in [-0.4, -0.2) is 53.6 Å². The van der Waals surface area contributed by atoms with E-state index in [0.29, 0.717) is 6.61 Å². The molecular formula is C18H24N4O2S. The second-order valence-electron chi connectivity index (χ2n) is 6.01. The maximum absolute atomic E-state index is 12.4. The molecule has 6 nitrogen and oxygen atoms in total. The maximum atomic E-state index is 12.4. The Labute approximate surface area is 152 Å². The monoisotopic (exact) mass is 360 g/mol. The Morgan fingerprint density at radius 2 is 1.96 bits per heavy atom. The van der Waals surface area contributed by atoms with Crippen LogP contribution < -0.4 is 10.1 Å². The predicted molar refractivity (Wildman–Crippen MR) is 100 cm³/mol. The number of carbonyl (C=O) groups excluding carboxylic acids is 1. The number of nitrogens with zero attached hydrogens (tertiary/aromatic N) is 3. The average molecular weight is 360 g/mol. The number of piperazine rings is 1. The van der Waals surface area contributed by atoms with Crippen molar-refractivity contribution in [3.8, 4) is 5.75 Å². The van der Waals surface area contributed by atoms with Gasteiger partial charge in [-0.05, 0) is 38.1 Å². The van der Waals surface area contributed by atoms with Gasteiger partial charge in [-0.15, -0.1) is 11.3 Å². The van der Waals surface area contributed by atoms with E-state index in [4.69, 9.17) is 4.74 Å². The highest BCUT2D eigenvalue weighted by molar-refractivity contribution is 7.09. The van der Waals surface area contributed by atoms with Gasteiger partial charge in [-0.2, -0.15) is 0 Å². The highest BCUT2D eigenvalue weighted by Gasteiger charge is 2.21. The summed E-state index contributed by atoms with van der Waals surface area (Å²) in [6.07, 6.45) is 0. The lowest BCUT2D eigenvalue weighted by Crippen LogP contribution is -2.49. The SMILES string of the molecule is CCOc1ccc(NC(=O)N2CCN(Cc3csc(C)n3)CC2)cc1. The molecule has 1 aliphatic rings. The molecule has 7 heteroatoms. The minimum Gasteiger partial charge on any atom is -0.494 e. The molecule has 1 aromatic carbocycles. The second kappa shape index (κ2) is 8.31. The number of ether oxygens (including phenoxy) is 1. The van der Waals surface area contributed by atoms with Crippen molar-refractivity contribution in [2.75, 3.05) is 38.1 Å². The van der Waals surface area contributed by atoms with Gasteiger partial charge in [0.2, 0.25) is 0 Å². The summed E-state index contributed by atoms with van der Waals surface area (Å²) in [6.45, 7) is 8.66. The number of amides is 2. The molecule has 0 atom stereocenters. The van der Waals surface area contributed by atoms with E-state index in [2.05, 4.69) is 20.6 Å². The van der Waals surface area contributed by atoms with Crippen molar-refractivity contribution in [1.82, 2.24) is 14.8 Å². The summed E-state index contributed by atoms with van der Waals surface area (Å²) in [4.78, 5) is 21.1. The van der Waals surface area contributed by atoms with Gasteiger partial charge in [0.15, 0.2) is 0 Å². The number of aryl methyl sites for hydroxylation is 1. The van der Waals surface area contributed by atoms with E-state index in [1.807, 2.05) is 43.0 Å². The van der Waals surface area contributed by atoms with Crippen LogP contribution in [0.3, 0.4) is 0 Å². The van der Waals surface area contributed by atoms with Gasteiger partial charge in [-0.25, -0.2) is 9.78 Å². The number of carbonyl (C=O) groups is 1. The largest absolute Gasteiger partial charge is 0.494 e. The zero-order valence-corrected chi connectivity index (χ0v) is 15.5. The smallest absolute Gasteiger partial charge is 0.321 e. The highest BCUT2D eigenvalue weighted by atomic mass is 32.1. The third kappa shape index (κ3) is 4.93. The fraction of sp³-hybridized carbons (Fsp3) is 0.444. The molecule has 1 aromatic heterocycles. The quantitative estimate of drug-likeness (QED) is 0.890. The Balaban J connectivity index is 1.46. The normalized spacial score (nSPS) is 15.2. The van der Waals surface area contributed by atoms with Gasteiger partial charge in [-0.1, -0.05) is 0 Å². The molecule has 0 aliphatic carbocycles. The van der Waals surface area contributed by atoms with Crippen molar-refractivity contribution in [1.29, 1.82) is 0 Å². The molecule has 1 saturated heterocycles. The molecule has 2 amide bonds. The number of thiazole rings is 1. The van der Waals surface area contributed by atoms with E-state index in [-0.39, 0.29) is 6.03 Å². The first-order valence-corrected chi connectivity index (χ1v) is 9.44. The van der Waals surface area contributed by atoms with Crippen LogP contribution in [0.5, 0.6) is 5.75 Å². The van der Waals surface area contributed by atoms with Crippen LogP contribution in [0, 0.1) is 6.92 Å². The summed E-state index contributed by atoms with van der Waals surface area (Å²) >= 11 is 1.68. The van der Waals surface area contributed by atoms with Gasteiger partial charge in [0.25, 0.3) is 0 Å². The number of hydrogen-bond acceptors (Lipinski definition) is 5. The molecule has 0 unspecified atom stereocenters. The molecule has 1 N–H and O–H groups in total. The van der Waals surface area contributed by atoms with Crippen molar-refractivity contribution in [2.24, 2.45) is 0 Å². The zero-order valence-electron chi connectivity index (χ0n) is 14.7. The second-order valence-corrected chi connectivity index (χ2v) is 7.07. The van der Waals surface area contributed by atoms with Crippen LogP contribution in [0.1, 0.15) is 17.6 Å². The number of urea groups is 1. The van der Waals surface area contributed by atoms with Crippen LogP contribution in [0.25, 0.3) is 0 Å². The lowest BCUT2D eigenvalue weighted by molar-refractivity contribution is 0.142. The fourth-order valence-corrected chi connectivity index (χ4v) is 3.43. The van der Waals surface area contributed by atoms with Gasteiger partial charge in [0, 0.05) is 43.8 Å². The first-order valence-electron chi connectivity index (χ1n) is 8.56. The molecule has 2 heterocycles. The van der Waals surface area contributed by atoms with Crippen molar-refractivity contribution >= 4 is 23.1 Å². The fourth-order valence-electron chi connectivity index (χ4n) is 2.82. The zero-order chi connectivity index (χ0) is 17.6. The summed E-state index contributed by atoms with van der Waals surface area (Å²) < 4.78 is 5.41.